The second-order valence-electron chi connectivity index (χ2n) is 7.79. The van der Waals surface area contributed by atoms with Gasteiger partial charge in [-0.15, -0.1) is 0 Å². The summed E-state index contributed by atoms with van der Waals surface area (Å²) in [7, 11) is 0. The largest absolute Gasteiger partial charge is 0.444 e. The van der Waals surface area contributed by atoms with Gasteiger partial charge in [0.25, 0.3) is 0 Å². The van der Waals surface area contributed by atoms with Crippen molar-refractivity contribution in [2.75, 3.05) is 19.6 Å². The molecule has 1 aromatic rings. The average molecular weight is 397 g/mol. The Bertz CT molecular complexity index is 587. The van der Waals surface area contributed by atoms with E-state index in [1.807, 2.05) is 25.7 Å². The number of carbonyl (C=O) groups excluding carboxylic acids is 1. The van der Waals surface area contributed by atoms with Crippen LogP contribution in [0.25, 0.3) is 0 Å². The Kier molecular flexibility index (Phi) is 5.97. The zero-order valence-corrected chi connectivity index (χ0v) is 17.2. The second-order valence-corrected chi connectivity index (χ2v) is 8.58. The molecule has 4 nitrogen and oxygen atoms in total. The Morgan fingerprint density at radius 2 is 1.83 bits per heavy atom. The summed E-state index contributed by atoms with van der Waals surface area (Å²) < 4.78 is 6.68. The number of ether oxygens (including phenoxy) is 1. The fourth-order valence-electron chi connectivity index (χ4n) is 3.08. The Labute approximate surface area is 154 Å². The number of halogens is 1. The maximum Gasteiger partial charge on any atom is 0.410 e. The maximum atomic E-state index is 12.2. The Morgan fingerprint density at radius 1 is 1.25 bits per heavy atom. The van der Waals surface area contributed by atoms with Crippen LogP contribution >= 0.6 is 15.9 Å². The van der Waals surface area contributed by atoms with Gasteiger partial charge in [-0.2, -0.15) is 0 Å². The van der Waals surface area contributed by atoms with Crippen molar-refractivity contribution in [3.05, 3.63) is 33.3 Å². The zero-order valence-electron chi connectivity index (χ0n) is 15.6. The molecule has 0 bridgehead atoms. The predicted octanol–water partition coefficient (Wildman–Crippen LogP) is 4.51. The molecule has 1 heterocycles. The van der Waals surface area contributed by atoms with E-state index in [4.69, 9.17) is 4.74 Å². The quantitative estimate of drug-likeness (QED) is 0.736. The van der Waals surface area contributed by atoms with Gasteiger partial charge >= 0.3 is 6.09 Å². The maximum absolute atomic E-state index is 12.2. The number of aryl methyl sites for hydroxylation is 2. The molecule has 5 heteroatoms. The minimum atomic E-state index is -0.441. The molecule has 1 atom stereocenters. The Balaban J connectivity index is 1.98. The number of nitrogens with zero attached hydrogens (tertiary/aromatic N) is 2. The number of hydrogen-bond acceptors (Lipinski definition) is 3. The molecule has 24 heavy (non-hydrogen) atoms. The van der Waals surface area contributed by atoms with Crippen LogP contribution in [-0.2, 0) is 11.3 Å². The molecule has 0 spiro atoms. The van der Waals surface area contributed by atoms with Crippen LogP contribution in [0.5, 0.6) is 0 Å². The topological polar surface area (TPSA) is 32.8 Å². The molecular formula is C19H29BrN2O2. The Morgan fingerprint density at radius 3 is 2.33 bits per heavy atom. The molecule has 0 aromatic heterocycles. The van der Waals surface area contributed by atoms with Crippen LogP contribution in [0, 0.1) is 13.8 Å². The van der Waals surface area contributed by atoms with Crippen LogP contribution in [0.2, 0.25) is 0 Å². The molecular weight excluding hydrogens is 368 g/mol. The van der Waals surface area contributed by atoms with Crippen molar-refractivity contribution < 1.29 is 9.53 Å². The smallest absolute Gasteiger partial charge is 0.410 e. The van der Waals surface area contributed by atoms with E-state index >= 15 is 0 Å². The number of carbonyl (C=O) groups is 1. The highest BCUT2D eigenvalue weighted by atomic mass is 79.9. The van der Waals surface area contributed by atoms with Crippen molar-refractivity contribution in [2.24, 2.45) is 0 Å². The third-order valence-electron chi connectivity index (χ3n) is 4.30. The van der Waals surface area contributed by atoms with E-state index in [1.54, 1.807) is 0 Å². The first-order valence-corrected chi connectivity index (χ1v) is 9.33. The molecule has 0 aliphatic carbocycles. The molecule has 1 unspecified atom stereocenters. The normalized spacial score (nSPS) is 19.5. The lowest BCUT2D eigenvalue weighted by molar-refractivity contribution is 0.00461. The first kappa shape index (κ1) is 19.3. The molecule has 0 saturated carbocycles. The fourth-order valence-corrected chi connectivity index (χ4v) is 3.31. The molecule has 134 valence electrons. The minimum Gasteiger partial charge on any atom is -0.444 e. The first-order valence-electron chi connectivity index (χ1n) is 8.54. The molecule has 1 fully saturated rings. The first-order chi connectivity index (χ1) is 11.1. The number of amides is 1. The molecule has 1 saturated heterocycles. The highest BCUT2D eigenvalue weighted by Crippen LogP contribution is 2.24. The number of hydrogen-bond donors (Lipinski definition) is 0. The number of benzene rings is 1. The van der Waals surface area contributed by atoms with Crippen LogP contribution in [0.1, 0.15) is 44.4 Å². The van der Waals surface area contributed by atoms with Crippen LogP contribution < -0.4 is 0 Å². The highest BCUT2D eigenvalue weighted by molar-refractivity contribution is 9.10. The third kappa shape index (κ3) is 4.96. The van der Waals surface area contributed by atoms with E-state index in [2.05, 4.69) is 53.7 Å². The standard InChI is InChI=1S/C19H29BrN2O2/c1-13-9-16(10-14(2)17(13)20)12-21-7-8-22(11-15(21)3)18(23)24-19(4,5)6/h9-10,15H,7-8,11-12H2,1-6H3. The summed E-state index contributed by atoms with van der Waals surface area (Å²) in [6.07, 6.45) is -0.204. The molecule has 1 aliphatic heterocycles. The van der Waals surface area contributed by atoms with Crippen molar-refractivity contribution >= 4 is 22.0 Å². The fraction of sp³-hybridized carbons (Fsp3) is 0.632. The van der Waals surface area contributed by atoms with Crippen molar-refractivity contribution in [1.29, 1.82) is 0 Å². The van der Waals surface area contributed by atoms with Crippen LogP contribution in [0.15, 0.2) is 16.6 Å². The number of rotatable bonds is 2. The van der Waals surface area contributed by atoms with E-state index in [0.717, 1.165) is 13.1 Å². The molecule has 1 aromatic carbocycles. The monoisotopic (exact) mass is 396 g/mol. The van der Waals surface area contributed by atoms with Gasteiger partial charge in [0.1, 0.15) is 5.60 Å². The zero-order chi connectivity index (χ0) is 18.1. The summed E-state index contributed by atoms with van der Waals surface area (Å²) >= 11 is 3.63. The van der Waals surface area contributed by atoms with E-state index < -0.39 is 5.60 Å². The summed E-state index contributed by atoms with van der Waals surface area (Å²) in [6.45, 7) is 15.4. The minimum absolute atomic E-state index is 0.204. The van der Waals surface area contributed by atoms with Crippen molar-refractivity contribution in [3.63, 3.8) is 0 Å². The lowest BCUT2D eigenvalue weighted by atomic mass is 10.1. The average Bonchev–Trinajstić information content (AvgIpc) is 2.45. The van der Waals surface area contributed by atoms with E-state index in [0.29, 0.717) is 19.1 Å². The summed E-state index contributed by atoms with van der Waals surface area (Å²) in [5.41, 5.74) is 3.42. The molecule has 1 amide bonds. The van der Waals surface area contributed by atoms with Gasteiger partial charge in [0.2, 0.25) is 0 Å². The summed E-state index contributed by atoms with van der Waals surface area (Å²) in [5, 5.41) is 0. The van der Waals surface area contributed by atoms with Crippen molar-refractivity contribution in [2.45, 2.75) is 59.7 Å². The van der Waals surface area contributed by atoms with Crippen LogP contribution in [0.3, 0.4) is 0 Å². The van der Waals surface area contributed by atoms with Gasteiger partial charge in [0.15, 0.2) is 0 Å². The van der Waals surface area contributed by atoms with Crippen LogP contribution in [-0.4, -0.2) is 47.2 Å². The summed E-state index contributed by atoms with van der Waals surface area (Å²) in [4.78, 5) is 16.5. The lowest BCUT2D eigenvalue weighted by Gasteiger charge is -2.40. The van der Waals surface area contributed by atoms with Gasteiger partial charge in [-0.1, -0.05) is 28.1 Å². The van der Waals surface area contributed by atoms with E-state index in [-0.39, 0.29) is 6.09 Å². The third-order valence-corrected chi connectivity index (χ3v) is 5.55. The molecule has 1 aliphatic rings. The van der Waals surface area contributed by atoms with Gasteiger partial charge in [0.05, 0.1) is 0 Å². The summed E-state index contributed by atoms with van der Waals surface area (Å²) in [6, 6.07) is 4.80. The molecule has 0 radical (unpaired) electrons. The lowest BCUT2D eigenvalue weighted by Crippen LogP contribution is -2.54. The number of piperazine rings is 1. The van der Waals surface area contributed by atoms with Gasteiger partial charge in [-0.05, 0) is 58.2 Å². The molecule has 0 N–H and O–H groups in total. The van der Waals surface area contributed by atoms with Crippen molar-refractivity contribution in [1.82, 2.24) is 9.80 Å². The van der Waals surface area contributed by atoms with Gasteiger partial charge in [0, 0.05) is 36.7 Å². The van der Waals surface area contributed by atoms with Gasteiger partial charge < -0.3 is 9.64 Å². The van der Waals surface area contributed by atoms with Crippen molar-refractivity contribution in [3.8, 4) is 0 Å². The van der Waals surface area contributed by atoms with E-state index in [9.17, 15) is 4.79 Å². The second kappa shape index (κ2) is 7.44. The van der Waals surface area contributed by atoms with Gasteiger partial charge in [-0.3, -0.25) is 4.90 Å². The molecule has 2 rings (SSSR count). The van der Waals surface area contributed by atoms with Gasteiger partial charge in [-0.25, -0.2) is 4.79 Å². The SMILES string of the molecule is Cc1cc(CN2CCN(C(=O)OC(C)(C)C)CC2C)cc(C)c1Br. The Hall–Kier alpha value is -1.07. The predicted molar refractivity (Wildman–Crippen MR) is 101 cm³/mol. The van der Waals surface area contributed by atoms with Crippen LogP contribution in [0.4, 0.5) is 4.79 Å². The summed E-state index contributed by atoms with van der Waals surface area (Å²) in [5.74, 6) is 0. The van der Waals surface area contributed by atoms with E-state index in [1.165, 1.54) is 21.2 Å². The highest BCUT2D eigenvalue weighted by Gasteiger charge is 2.29.